The smallest absolute Gasteiger partial charge is 0.225 e. The number of halogens is 1. The second-order valence-electron chi connectivity index (χ2n) is 9.02. The van der Waals surface area contributed by atoms with Gasteiger partial charge in [-0.2, -0.15) is 0 Å². The van der Waals surface area contributed by atoms with Gasteiger partial charge in [0.1, 0.15) is 5.75 Å². The molecule has 174 valence electrons. The molecule has 0 radical (unpaired) electrons. The maximum Gasteiger partial charge on any atom is 0.225 e. The number of piperidine rings is 1. The molecule has 31 heavy (non-hydrogen) atoms. The summed E-state index contributed by atoms with van der Waals surface area (Å²) in [6.45, 7) is 5.03. The molecule has 1 saturated carbocycles. The number of benzene rings is 1. The van der Waals surface area contributed by atoms with Gasteiger partial charge in [0.15, 0.2) is 0 Å². The molecular weight excluding hydrogens is 416 g/mol. The molecule has 0 bridgehead atoms. The van der Waals surface area contributed by atoms with Crippen molar-refractivity contribution in [2.24, 2.45) is 11.7 Å². The number of nitrogens with two attached hydrogens (primary N) is 1. The largest absolute Gasteiger partial charge is 0.497 e. The zero-order valence-electron chi connectivity index (χ0n) is 18.8. The van der Waals surface area contributed by atoms with Crippen molar-refractivity contribution in [2.75, 3.05) is 33.4 Å². The summed E-state index contributed by atoms with van der Waals surface area (Å²) in [7, 11) is 1.71. The molecule has 2 heterocycles. The van der Waals surface area contributed by atoms with Crippen LogP contribution in [0, 0.1) is 5.92 Å². The van der Waals surface area contributed by atoms with Crippen molar-refractivity contribution in [3.63, 3.8) is 0 Å². The average molecular weight is 453 g/mol. The summed E-state index contributed by atoms with van der Waals surface area (Å²) in [6.07, 6.45) is 6.07. The molecule has 0 unspecified atom stereocenters. The van der Waals surface area contributed by atoms with Crippen LogP contribution in [0.1, 0.15) is 56.6 Å². The highest BCUT2D eigenvalue weighted by Crippen LogP contribution is 2.43. The molecule has 1 spiro atoms. The van der Waals surface area contributed by atoms with Gasteiger partial charge in [0.05, 0.1) is 25.4 Å². The van der Waals surface area contributed by atoms with Crippen LogP contribution in [0.3, 0.4) is 0 Å². The molecular formula is C24H37ClN2O4. The zero-order chi connectivity index (χ0) is 21.1. The van der Waals surface area contributed by atoms with Crippen LogP contribution >= 0.6 is 12.4 Å². The Morgan fingerprint density at radius 3 is 2.77 bits per heavy atom. The molecule has 1 saturated heterocycles. The predicted octanol–water partition coefficient (Wildman–Crippen LogP) is 3.43. The Kier molecular flexibility index (Phi) is 8.25. The van der Waals surface area contributed by atoms with E-state index in [-0.39, 0.29) is 42.0 Å². The molecule has 3 atom stereocenters. The van der Waals surface area contributed by atoms with Gasteiger partial charge < -0.3 is 24.8 Å². The van der Waals surface area contributed by atoms with E-state index in [1.807, 2.05) is 11.0 Å². The number of methoxy groups -OCH3 is 1. The fourth-order valence-corrected chi connectivity index (χ4v) is 5.38. The van der Waals surface area contributed by atoms with E-state index in [0.29, 0.717) is 6.61 Å². The minimum absolute atomic E-state index is 0. The Bertz CT molecular complexity index is 751. The Morgan fingerprint density at radius 2 is 2.06 bits per heavy atom. The zero-order valence-corrected chi connectivity index (χ0v) is 19.6. The second-order valence-corrected chi connectivity index (χ2v) is 9.02. The van der Waals surface area contributed by atoms with Crippen molar-refractivity contribution >= 4 is 18.3 Å². The van der Waals surface area contributed by atoms with Gasteiger partial charge in [-0.3, -0.25) is 4.79 Å². The standard InChI is InChI=1S/C24H36N2O4.ClH/c1-3-13-29-22-16-18(4-7-21(22)25)23(27)26-11-9-24(10-12-26)20-6-5-19(28-2)15-17(20)8-14-30-24;/h5-6,15,18,21-22H,3-4,7-14,16,25H2,1-2H3;1H/t18-,21+,22+;/m0./s1. The van der Waals surface area contributed by atoms with E-state index in [2.05, 4.69) is 19.1 Å². The first-order valence-corrected chi connectivity index (χ1v) is 11.5. The number of carbonyl (C=O) groups excluding carboxylic acids is 1. The topological polar surface area (TPSA) is 74.0 Å². The van der Waals surface area contributed by atoms with Gasteiger partial charge in [0.25, 0.3) is 0 Å². The summed E-state index contributed by atoms with van der Waals surface area (Å²) in [4.78, 5) is 15.3. The molecule has 2 N–H and O–H groups in total. The quantitative estimate of drug-likeness (QED) is 0.740. The van der Waals surface area contributed by atoms with E-state index in [1.54, 1.807) is 7.11 Å². The molecule has 2 aliphatic heterocycles. The Balaban J connectivity index is 0.00000272. The lowest BCUT2D eigenvalue weighted by Gasteiger charge is -2.46. The third-order valence-corrected chi connectivity index (χ3v) is 7.16. The van der Waals surface area contributed by atoms with Crippen LogP contribution in [0.15, 0.2) is 18.2 Å². The third-order valence-electron chi connectivity index (χ3n) is 7.16. The Labute approximate surface area is 192 Å². The Morgan fingerprint density at radius 1 is 1.29 bits per heavy atom. The number of ether oxygens (including phenoxy) is 3. The number of amides is 1. The molecule has 0 aromatic heterocycles. The molecule has 1 amide bonds. The second kappa shape index (κ2) is 10.5. The maximum atomic E-state index is 13.3. The summed E-state index contributed by atoms with van der Waals surface area (Å²) in [5.74, 6) is 1.20. The number of hydrogen-bond donors (Lipinski definition) is 1. The molecule has 1 aliphatic carbocycles. The minimum atomic E-state index is -0.266. The summed E-state index contributed by atoms with van der Waals surface area (Å²) in [6, 6.07) is 6.37. The van der Waals surface area contributed by atoms with E-state index in [1.165, 1.54) is 11.1 Å². The number of carbonyl (C=O) groups is 1. The molecule has 2 fully saturated rings. The SMILES string of the molecule is CCCO[C@@H]1C[C@@H](C(=O)N2CCC3(CC2)OCCc2cc(OC)ccc23)CC[C@H]1N.Cl. The maximum absolute atomic E-state index is 13.3. The van der Waals surface area contributed by atoms with Crippen LogP contribution < -0.4 is 10.5 Å². The monoisotopic (exact) mass is 452 g/mol. The molecule has 1 aromatic rings. The normalized spacial score (nSPS) is 27.3. The van der Waals surface area contributed by atoms with Crippen LogP contribution in [-0.2, 0) is 26.3 Å². The van der Waals surface area contributed by atoms with E-state index in [4.69, 9.17) is 19.9 Å². The first-order chi connectivity index (χ1) is 14.6. The van der Waals surface area contributed by atoms with Gasteiger partial charge in [-0.1, -0.05) is 13.0 Å². The van der Waals surface area contributed by atoms with Gasteiger partial charge in [-0.05, 0) is 68.2 Å². The van der Waals surface area contributed by atoms with Crippen LogP contribution in [0.5, 0.6) is 5.75 Å². The van der Waals surface area contributed by atoms with Crippen LogP contribution in [0.2, 0.25) is 0 Å². The van der Waals surface area contributed by atoms with E-state index >= 15 is 0 Å². The third kappa shape index (κ3) is 5.03. The van der Waals surface area contributed by atoms with E-state index < -0.39 is 0 Å². The first-order valence-electron chi connectivity index (χ1n) is 11.5. The number of nitrogens with zero attached hydrogens (tertiary/aromatic N) is 1. The predicted molar refractivity (Wildman–Crippen MR) is 123 cm³/mol. The lowest BCUT2D eigenvalue weighted by atomic mass is 9.78. The first kappa shape index (κ1) is 24.3. The minimum Gasteiger partial charge on any atom is -0.497 e. The van der Waals surface area contributed by atoms with Gasteiger partial charge in [-0.25, -0.2) is 0 Å². The van der Waals surface area contributed by atoms with Crippen molar-refractivity contribution < 1.29 is 19.0 Å². The fraction of sp³-hybridized carbons (Fsp3) is 0.708. The highest BCUT2D eigenvalue weighted by atomic mass is 35.5. The number of rotatable bonds is 5. The van der Waals surface area contributed by atoms with Crippen LogP contribution in [0.25, 0.3) is 0 Å². The lowest BCUT2D eigenvalue weighted by Crippen LogP contribution is -2.51. The number of fused-ring (bicyclic) bond motifs is 2. The molecule has 4 rings (SSSR count). The highest BCUT2D eigenvalue weighted by molar-refractivity contribution is 5.85. The van der Waals surface area contributed by atoms with Gasteiger partial charge in [0.2, 0.25) is 5.91 Å². The number of hydrogen-bond acceptors (Lipinski definition) is 5. The van der Waals surface area contributed by atoms with Gasteiger partial charge in [0, 0.05) is 31.7 Å². The molecule has 3 aliphatic rings. The van der Waals surface area contributed by atoms with Crippen molar-refractivity contribution in [1.82, 2.24) is 4.90 Å². The van der Waals surface area contributed by atoms with Gasteiger partial charge in [-0.15, -0.1) is 12.4 Å². The van der Waals surface area contributed by atoms with Crippen LogP contribution in [0.4, 0.5) is 0 Å². The summed E-state index contributed by atoms with van der Waals surface area (Å²) < 4.78 is 17.7. The van der Waals surface area contributed by atoms with Crippen molar-refractivity contribution in [2.45, 2.75) is 69.6 Å². The van der Waals surface area contributed by atoms with Crippen LogP contribution in [-0.4, -0.2) is 56.4 Å². The number of likely N-dealkylation sites (tertiary alicyclic amines) is 1. The van der Waals surface area contributed by atoms with E-state index in [9.17, 15) is 4.79 Å². The van der Waals surface area contributed by atoms with Crippen molar-refractivity contribution in [3.8, 4) is 5.75 Å². The lowest BCUT2D eigenvalue weighted by molar-refractivity contribution is -0.147. The summed E-state index contributed by atoms with van der Waals surface area (Å²) in [5, 5.41) is 0. The molecule has 6 nitrogen and oxygen atoms in total. The highest BCUT2D eigenvalue weighted by Gasteiger charge is 2.43. The summed E-state index contributed by atoms with van der Waals surface area (Å²) >= 11 is 0. The molecule has 1 aromatic carbocycles. The van der Waals surface area contributed by atoms with E-state index in [0.717, 1.165) is 70.4 Å². The summed E-state index contributed by atoms with van der Waals surface area (Å²) in [5.41, 5.74) is 8.57. The van der Waals surface area contributed by atoms with Gasteiger partial charge >= 0.3 is 0 Å². The Hall–Kier alpha value is -1.34. The molecule has 7 heteroatoms. The average Bonchev–Trinajstić information content (AvgIpc) is 2.78. The van der Waals surface area contributed by atoms with Crippen molar-refractivity contribution in [3.05, 3.63) is 29.3 Å². The van der Waals surface area contributed by atoms with Crippen molar-refractivity contribution in [1.29, 1.82) is 0 Å². The fourth-order valence-electron chi connectivity index (χ4n) is 5.38.